The molecular weight excluding hydrogens is 359 g/mol. The van der Waals surface area contributed by atoms with Crippen LogP contribution >= 0.6 is 34.8 Å². The molecule has 0 unspecified atom stereocenters. The largest absolute Gasteiger partial charge is 0.484 e. The summed E-state index contributed by atoms with van der Waals surface area (Å²) in [5.74, 6) is 0.150. The summed E-state index contributed by atoms with van der Waals surface area (Å²) < 4.78 is 5.36. The number of ether oxygens (including phenoxy) is 1. The summed E-state index contributed by atoms with van der Waals surface area (Å²) in [6.07, 6.45) is 1.38. The van der Waals surface area contributed by atoms with Crippen molar-refractivity contribution in [2.75, 3.05) is 6.61 Å². The van der Waals surface area contributed by atoms with Crippen LogP contribution in [0.1, 0.15) is 11.1 Å². The highest BCUT2D eigenvalue weighted by Gasteiger charge is 2.05. The Balaban J connectivity index is 1.87. The first-order valence-corrected chi connectivity index (χ1v) is 7.75. The van der Waals surface area contributed by atoms with Gasteiger partial charge in [-0.2, -0.15) is 5.10 Å². The van der Waals surface area contributed by atoms with Crippen LogP contribution in [-0.2, 0) is 4.79 Å². The van der Waals surface area contributed by atoms with Gasteiger partial charge in [0.1, 0.15) is 5.75 Å². The predicted octanol–water partition coefficient (Wildman–Crippen LogP) is 4.48. The zero-order chi connectivity index (χ0) is 16.8. The molecule has 0 heterocycles. The lowest BCUT2D eigenvalue weighted by Gasteiger charge is -2.06. The van der Waals surface area contributed by atoms with Crippen LogP contribution in [0.3, 0.4) is 0 Å². The number of nitrogens with zero attached hydrogens (tertiary/aromatic N) is 1. The number of benzene rings is 2. The normalized spacial score (nSPS) is 10.8. The van der Waals surface area contributed by atoms with E-state index in [1.165, 1.54) is 6.21 Å². The van der Waals surface area contributed by atoms with Crippen molar-refractivity contribution >= 4 is 46.9 Å². The van der Waals surface area contributed by atoms with E-state index in [0.717, 1.165) is 5.56 Å². The average molecular weight is 372 g/mol. The number of hydrogen-bond donors (Lipinski definition) is 1. The molecule has 0 saturated heterocycles. The van der Waals surface area contributed by atoms with Gasteiger partial charge in [0, 0.05) is 10.6 Å². The molecule has 23 heavy (non-hydrogen) atoms. The molecule has 120 valence electrons. The van der Waals surface area contributed by atoms with Crippen molar-refractivity contribution in [3.05, 3.63) is 62.6 Å². The van der Waals surface area contributed by atoms with Gasteiger partial charge in [-0.1, -0.05) is 40.9 Å². The summed E-state index contributed by atoms with van der Waals surface area (Å²) in [7, 11) is 0. The highest BCUT2D eigenvalue weighted by atomic mass is 35.5. The highest BCUT2D eigenvalue weighted by Crippen LogP contribution is 2.22. The third-order valence-electron chi connectivity index (χ3n) is 2.88. The van der Waals surface area contributed by atoms with Crippen molar-refractivity contribution in [1.29, 1.82) is 0 Å². The molecule has 4 nitrogen and oxygen atoms in total. The van der Waals surface area contributed by atoms with E-state index in [9.17, 15) is 4.79 Å². The Morgan fingerprint density at radius 2 is 1.87 bits per heavy atom. The Kier molecular flexibility index (Phi) is 6.28. The van der Waals surface area contributed by atoms with Gasteiger partial charge in [-0.15, -0.1) is 0 Å². The maximum absolute atomic E-state index is 11.7. The minimum atomic E-state index is -0.406. The molecule has 2 aromatic rings. The van der Waals surface area contributed by atoms with Crippen LogP contribution in [0.2, 0.25) is 15.1 Å². The van der Waals surface area contributed by atoms with Crippen LogP contribution in [0.5, 0.6) is 5.75 Å². The van der Waals surface area contributed by atoms with Crippen molar-refractivity contribution in [3.63, 3.8) is 0 Å². The van der Waals surface area contributed by atoms with Gasteiger partial charge in [0.2, 0.25) is 0 Å². The van der Waals surface area contributed by atoms with Gasteiger partial charge < -0.3 is 4.74 Å². The standard InChI is InChI=1S/C16H13Cl3N2O2/c1-10-7-11(5-6-13(10)17)23-9-16(22)21-20-8-12-14(18)3-2-4-15(12)19/h2-8H,9H2,1H3,(H,21,22)/b20-8-. The number of hydrazone groups is 1. The summed E-state index contributed by atoms with van der Waals surface area (Å²) in [6, 6.07) is 10.2. The Labute approximate surface area is 149 Å². The predicted molar refractivity (Wildman–Crippen MR) is 93.9 cm³/mol. The average Bonchev–Trinajstić information content (AvgIpc) is 2.51. The zero-order valence-electron chi connectivity index (χ0n) is 12.1. The Morgan fingerprint density at radius 1 is 1.17 bits per heavy atom. The fourth-order valence-electron chi connectivity index (χ4n) is 1.69. The topological polar surface area (TPSA) is 50.7 Å². The fraction of sp³-hybridized carbons (Fsp3) is 0.125. The third kappa shape index (κ3) is 5.13. The maximum atomic E-state index is 11.7. The summed E-state index contributed by atoms with van der Waals surface area (Å²) in [5, 5.41) is 5.35. The van der Waals surface area contributed by atoms with Crippen molar-refractivity contribution in [3.8, 4) is 5.75 Å². The van der Waals surface area contributed by atoms with Gasteiger partial charge in [-0.05, 0) is 42.8 Å². The first-order chi connectivity index (χ1) is 11.0. The summed E-state index contributed by atoms with van der Waals surface area (Å²) in [6.45, 7) is 1.68. The van der Waals surface area contributed by atoms with Gasteiger partial charge in [-0.3, -0.25) is 4.79 Å². The summed E-state index contributed by atoms with van der Waals surface area (Å²) in [5.41, 5.74) is 3.75. The van der Waals surface area contributed by atoms with Gasteiger partial charge in [-0.25, -0.2) is 5.43 Å². The van der Waals surface area contributed by atoms with Gasteiger partial charge in [0.25, 0.3) is 5.91 Å². The number of hydrogen-bond acceptors (Lipinski definition) is 3. The number of carbonyl (C=O) groups excluding carboxylic acids is 1. The third-order valence-corrected chi connectivity index (χ3v) is 3.97. The molecule has 0 aromatic heterocycles. The molecule has 2 rings (SSSR count). The van der Waals surface area contributed by atoms with Crippen molar-refractivity contribution in [2.24, 2.45) is 5.10 Å². The molecule has 0 spiro atoms. The fourth-order valence-corrected chi connectivity index (χ4v) is 2.30. The Hall–Kier alpha value is -1.75. The lowest BCUT2D eigenvalue weighted by molar-refractivity contribution is -0.123. The lowest BCUT2D eigenvalue weighted by Crippen LogP contribution is -2.24. The molecule has 0 atom stereocenters. The number of carbonyl (C=O) groups is 1. The molecule has 0 aliphatic rings. The second-order valence-electron chi connectivity index (χ2n) is 4.63. The first kappa shape index (κ1) is 17.6. The minimum absolute atomic E-state index is 0.172. The molecule has 0 aliphatic heterocycles. The molecule has 0 aliphatic carbocycles. The molecular formula is C16H13Cl3N2O2. The first-order valence-electron chi connectivity index (χ1n) is 6.62. The SMILES string of the molecule is Cc1cc(OCC(=O)N/N=C\c2c(Cl)cccc2Cl)ccc1Cl. The molecule has 2 aromatic carbocycles. The summed E-state index contributed by atoms with van der Waals surface area (Å²) in [4.78, 5) is 11.7. The van der Waals surface area contributed by atoms with E-state index in [1.54, 1.807) is 36.4 Å². The Morgan fingerprint density at radius 3 is 2.52 bits per heavy atom. The molecule has 0 saturated carbocycles. The lowest BCUT2D eigenvalue weighted by atomic mass is 10.2. The second kappa shape index (κ2) is 8.20. The van der Waals surface area contributed by atoms with Gasteiger partial charge in [0.15, 0.2) is 6.61 Å². The van der Waals surface area contributed by atoms with Gasteiger partial charge in [0.05, 0.1) is 16.3 Å². The van der Waals surface area contributed by atoms with E-state index in [4.69, 9.17) is 39.5 Å². The van der Waals surface area contributed by atoms with Crippen LogP contribution in [0.4, 0.5) is 0 Å². The smallest absolute Gasteiger partial charge is 0.277 e. The molecule has 0 radical (unpaired) electrons. The molecule has 0 fully saturated rings. The van der Waals surface area contributed by atoms with Crippen LogP contribution < -0.4 is 10.2 Å². The van der Waals surface area contributed by atoms with E-state index < -0.39 is 5.91 Å². The molecule has 7 heteroatoms. The van der Waals surface area contributed by atoms with E-state index in [0.29, 0.717) is 26.4 Å². The molecule has 1 amide bonds. The number of halogens is 3. The van der Waals surface area contributed by atoms with Crippen LogP contribution in [-0.4, -0.2) is 18.7 Å². The van der Waals surface area contributed by atoms with Crippen LogP contribution in [0.15, 0.2) is 41.5 Å². The highest BCUT2D eigenvalue weighted by molar-refractivity contribution is 6.38. The minimum Gasteiger partial charge on any atom is -0.484 e. The van der Waals surface area contributed by atoms with E-state index in [2.05, 4.69) is 10.5 Å². The molecule has 1 N–H and O–H groups in total. The Bertz CT molecular complexity index is 728. The van der Waals surface area contributed by atoms with Crippen LogP contribution in [0.25, 0.3) is 0 Å². The number of aryl methyl sites for hydroxylation is 1. The number of rotatable bonds is 5. The van der Waals surface area contributed by atoms with Crippen molar-refractivity contribution in [1.82, 2.24) is 5.43 Å². The number of amides is 1. The number of nitrogens with one attached hydrogen (secondary N) is 1. The van der Waals surface area contributed by atoms with E-state index >= 15 is 0 Å². The zero-order valence-corrected chi connectivity index (χ0v) is 14.4. The van der Waals surface area contributed by atoms with E-state index in [-0.39, 0.29) is 6.61 Å². The summed E-state index contributed by atoms with van der Waals surface area (Å²) >= 11 is 17.9. The quantitative estimate of drug-likeness (QED) is 0.622. The monoisotopic (exact) mass is 370 g/mol. The van der Waals surface area contributed by atoms with Gasteiger partial charge >= 0.3 is 0 Å². The second-order valence-corrected chi connectivity index (χ2v) is 5.85. The molecule has 0 bridgehead atoms. The van der Waals surface area contributed by atoms with E-state index in [1.807, 2.05) is 6.92 Å². The van der Waals surface area contributed by atoms with Crippen LogP contribution in [0, 0.1) is 6.92 Å². The van der Waals surface area contributed by atoms with Crippen molar-refractivity contribution < 1.29 is 9.53 Å². The maximum Gasteiger partial charge on any atom is 0.277 e. The van der Waals surface area contributed by atoms with Crippen molar-refractivity contribution in [2.45, 2.75) is 6.92 Å².